The summed E-state index contributed by atoms with van der Waals surface area (Å²) in [6.45, 7) is 3.12. The number of carbonyl (C=O) groups excluding carboxylic acids is 1. The summed E-state index contributed by atoms with van der Waals surface area (Å²) in [4.78, 5) is 18.5. The van der Waals surface area contributed by atoms with E-state index in [0.29, 0.717) is 17.5 Å². The smallest absolute Gasteiger partial charge is 0.255 e. The number of amides is 1. The molecule has 2 heterocycles. The highest BCUT2D eigenvalue weighted by Crippen LogP contribution is 2.28. The molecule has 1 aliphatic rings. The minimum atomic E-state index is 0.0691. The molecule has 1 saturated carbocycles. The summed E-state index contributed by atoms with van der Waals surface area (Å²) >= 11 is 0. The Hall–Kier alpha value is -2.37. The lowest BCUT2D eigenvalue weighted by Gasteiger charge is -2.34. The van der Waals surface area contributed by atoms with Gasteiger partial charge in [-0.3, -0.25) is 14.9 Å². The van der Waals surface area contributed by atoms with E-state index in [1.165, 1.54) is 5.69 Å². The van der Waals surface area contributed by atoms with E-state index >= 15 is 0 Å². The second-order valence-corrected chi connectivity index (χ2v) is 7.24. The average Bonchev–Trinajstić information content (AvgIpc) is 3.14. The molecule has 0 saturated heterocycles. The molecule has 0 radical (unpaired) electrons. The quantitative estimate of drug-likeness (QED) is 0.797. The Morgan fingerprint density at radius 1 is 1.35 bits per heavy atom. The lowest BCUT2D eigenvalue weighted by atomic mass is 9.85. The first-order valence-electron chi connectivity index (χ1n) is 9.62. The van der Waals surface area contributed by atoms with Crippen LogP contribution in [0, 0.1) is 5.92 Å². The van der Waals surface area contributed by atoms with Crippen molar-refractivity contribution in [2.45, 2.75) is 51.5 Å². The number of rotatable bonds is 7. The summed E-state index contributed by atoms with van der Waals surface area (Å²) in [5.41, 5.74) is 1.86. The second-order valence-electron chi connectivity index (χ2n) is 7.24. The molecule has 0 aromatic carbocycles. The number of carbonyl (C=O) groups is 1. The Balaban J connectivity index is 1.44. The van der Waals surface area contributed by atoms with E-state index in [1.807, 2.05) is 24.1 Å². The fourth-order valence-corrected chi connectivity index (χ4v) is 3.69. The van der Waals surface area contributed by atoms with Crippen LogP contribution < -0.4 is 5.32 Å². The molecule has 6 heteroatoms. The monoisotopic (exact) mass is 355 g/mol. The Labute approximate surface area is 155 Å². The standard InChI is InChI=1S/C20H29N5O/c1-3-5-17-12-19(24-23-17)22-13-15-7-9-18(10-8-15)25(2)20(26)16-6-4-11-21-14-16/h4,6,11-12,14-15,18H,3,5,7-10,13H2,1-2H3,(H2,22,23,24). The van der Waals surface area contributed by atoms with Crippen LogP contribution in [0.5, 0.6) is 0 Å². The molecule has 1 aliphatic carbocycles. The van der Waals surface area contributed by atoms with Crippen molar-refractivity contribution in [3.05, 3.63) is 41.9 Å². The third-order valence-electron chi connectivity index (χ3n) is 5.31. The number of anilines is 1. The van der Waals surface area contributed by atoms with Gasteiger partial charge in [0.05, 0.1) is 5.56 Å². The minimum absolute atomic E-state index is 0.0691. The zero-order valence-electron chi connectivity index (χ0n) is 15.7. The van der Waals surface area contributed by atoms with E-state index < -0.39 is 0 Å². The Morgan fingerprint density at radius 3 is 2.85 bits per heavy atom. The fraction of sp³-hybridized carbons (Fsp3) is 0.550. The van der Waals surface area contributed by atoms with Gasteiger partial charge in [-0.1, -0.05) is 13.3 Å². The van der Waals surface area contributed by atoms with Crippen LogP contribution in [-0.2, 0) is 6.42 Å². The number of pyridine rings is 1. The van der Waals surface area contributed by atoms with Crippen molar-refractivity contribution in [1.82, 2.24) is 20.1 Å². The third kappa shape index (κ3) is 4.62. The van der Waals surface area contributed by atoms with Gasteiger partial charge in [0.25, 0.3) is 5.91 Å². The highest BCUT2D eigenvalue weighted by Gasteiger charge is 2.27. The third-order valence-corrected chi connectivity index (χ3v) is 5.31. The number of aromatic nitrogens is 3. The van der Waals surface area contributed by atoms with E-state index in [1.54, 1.807) is 12.4 Å². The molecule has 1 amide bonds. The first-order valence-corrected chi connectivity index (χ1v) is 9.62. The highest BCUT2D eigenvalue weighted by molar-refractivity contribution is 5.93. The van der Waals surface area contributed by atoms with Crippen LogP contribution >= 0.6 is 0 Å². The first kappa shape index (κ1) is 18.4. The molecular formula is C20H29N5O. The molecule has 0 bridgehead atoms. The molecule has 0 atom stereocenters. The fourth-order valence-electron chi connectivity index (χ4n) is 3.69. The Bertz CT molecular complexity index is 691. The number of hydrogen-bond acceptors (Lipinski definition) is 4. The predicted molar refractivity (Wildman–Crippen MR) is 103 cm³/mol. The van der Waals surface area contributed by atoms with Crippen molar-refractivity contribution < 1.29 is 4.79 Å². The van der Waals surface area contributed by atoms with Crippen molar-refractivity contribution in [1.29, 1.82) is 0 Å². The Morgan fingerprint density at radius 2 is 2.15 bits per heavy atom. The van der Waals surface area contributed by atoms with Crippen molar-refractivity contribution in [2.24, 2.45) is 5.92 Å². The van der Waals surface area contributed by atoms with Gasteiger partial charge in [-0.2, -0.15) is 5.10 Å². The Kier molecular flexibility index (Phi) is 6.26. The van der Waals surface area contributed by atoms with Crippen molar-refractivity contribution in [3.8, 4) is 0 Å². The zero-order chi connectivity index (χ0) is 18.4. The van der Waals surface area contributed by atoms with Gasteiger partial charge >= 0.3 is 0 Å². The number of aromatic amines is 1. The summed E-state index contributed by atoms with van der Waals surface area (Å²) in [6.07, 6.45) is 9.87. The lowest BCUT2D eigenvalue weighted by Crippen LogP contribution is -2.40. The topological polar surface area (TPSA) is 73.9 Å². The summed E-state index contributed by atoms with van der Waals surface area (Å²) in [5.74, 6) is 1.65. The van der Waals surface area contributed by atoms with Gasteiger partial charge in [0.2, 0.25) is 0 Å². The lowest BCUT2D eigenvalue weighted by molar-refractivity contribution is 0.0678. The van der Waals surface area contributed by atoms with Gasteiger partial charge in [0.1, 0.15) is 5.82 Å². The number of H-pyrrole nitrogens is 1. The molecule has 1 fully saturated rings. The van der Waals surface area contributed by atoms with Crippen LogP contribution in [0.1, 0.15) is 55.1 Å². The molecule has 2 aromatic heterocycles. The maximum absolute atomic E-state index is 12.6. The van der Waals surface area contributed by atoms with E-state index in [2.05, 4.69) is 33.5 Å². The van der Waals surface area contributed by atoms with Crippen molar-refractivity contribution in [3.63, 3.8) is 0 Å². The van der Waals surface area contributed by atoms with Gasteiger partial charge in [0.15, 0.2) is 0 Å². The molecule has 26 heavy (non-hydrogen) atoms. The van der Waals surface area contributed by atoms with Crippen molar-refractivity contribution in [2.75, 3.05) is 18.9 Å². The summed E-state index contributed by atoms with van der Waals surface area (Å²) in [6, 6.07) is 6.07. The van der Waals surface area contributed by atoms with E-state index in [0.717, 1.165) is 50.9 Å². The summed E-state index contributed by atoms with van der Waals surface area (Å²) < 4.78 is 0. The van der Waals surface area contributed by atoms with Crippen LogP contribution in [0.15, 0.2) is 30.6 Å². The molecule has 6 nitrogen and oxygen atoms in total. The zero-order valence-corrected chi connectivity index (χ0v) is 15.7. The van der Waals surface area contributed by atoms with Gasteiger partial charge in [-0.25, -0.2) is 0 Å². The van der Waals surface area contributed by atoms with E-state index in [9.17, 15) is 4.79 Å². The highest BCUT2D eigenvalue weighted by atomic mass is 16.2. The molecule has 0 spiro atoms. The van der Waals surface area contributed by atoms with Gasteiger partial charge < -0.3 is 10.2 Å². The van der Waals surface area contributed by atoms with Crippen molar-refractivity contribution >= 4 is 11.7 Å². The number of aryl methyl sites for hydroxylation is 1. The van der Waals surface area contributed by atoms with Gasteiger partial charge in [-0.15, -0.1) is 0 Å². The van der Waals surface area contributed by atoms with Crippen LogP contribution in [0.25, 0.3) is 0 Å². The minimum Gasteiger partial charge on any atom is -0.368 e. The van der Waals surface area contributed by atoms with Crippen LogP contribution in [0.2, 0.25) is 0 Å². The number of nitrogens with one attached hydrogen (secondary N) is 2. The predicted octanol–water partition coefficient (Wildman–Crippen LogP) is 3.50. The van der Waals surface area contributed by atoms with Crippen LogP contribution in [0.4, 0.5) is 5.82 Å². The normalized spacial score (nSPS) is 19.9. The summed E-state index contributed by atoms with van der Waals surface area (Å²) in [7, 11) is 1.91. The molecule has 0 unspecified atom stereocenters. The van der Waals surface area contributed by atoms with E-state index in [4.69, 9.17) is 0 Å². The average molecular weight is 355 g/mol. The largest absolute Gasteiger partial charge is 0.368 e. The number of hydrogen-bond donors (Lipinski definition) is 2. The molecule has 2 aromatic rings. The SMILES string of the molecule is CCCc1cc(NCC2CCC(N(C)C(=O)c3cccnc3)CC2)n[nH]1. The molecule has 0 aliphatic heterocycles. The van der Waals surface area contributed by atoms with Crippen LogP contribution in [0.3, 0.4) is 0 Å². The second kappa shape index (κ2) is 8.83. The molecule has 2 N–H and O–H groups in total. The van der Waals surface area contributed by atoms with Gasteiger partial charge in [-0.05, 0) is 50.2 Å². The summed E-state index contributed by atoms with van der Waals surface area (Å²) in [5, 5.41) is 10.9. The molecule has 140 valence electrons. The molecular weight excluding hydrogens is 326 g/mol. The maximum atomic E-state index is 12.6. The van der Waals surface area contributed by atoms with Crippen LogP contribution in [-0.4, -0.2) is 45.6 Å². The first-order chi connectivity index (χ1) is 12.7. The number of nitrogens with zero attached hydrogens (tertiary/aromatic N) is 3. The van der Waals surface area contributed by atoms with Gasteiger partial charge in [0, 0.05) is 43.8 Å². The maximum Gasteiger partial charge on any atom is 0.255 e. The molecule has 3 rings (SSSR count). The van der Waals surface area contributed by atoms with E-state index in [-0.39, 0.29) is 5.91 Å².